The molecule has 0 saturated carbocycles. The third-order valence-electron chi connectivity index (χ3n) is 2.84. The maximum absolute atomic E-state index is 13.6. The van der Waals surface area contributed by atoms with E-state index in [1.807, 2.05) is 43.3 Å². The van der Waals surface area contributed by atoms with Crippen LogP contribution in [0.15, 0.2) is 48.5 Å². The molecule has 18 heavy (non-hydrogen) atoms. The standard InChI is InChI=1S/C16H15FO/c1-12-7-8-14(16(17)9-12)11-15(18)10-13-5-3-2-4-6-13/h2-9H,10-11H2,1H3. The fourth-order valence-corrected chi connectivity index (χ4v) is 1.89. The zero-order valence-electron chi connectivity index (χ0n) is 10.3. The van der Waals surface area contributed by atoms with E-state index in [0.29, 0.717) is 12.0 Å². The van der Waals surface area contributed by atoms with Gasteiger partial charge in [0, 0.05) is 12.8 Å². The molecule has 0 aliphatic rings. The minimum atomic E-state index is -0.295. The van der Waals surface area contributed by atoms with E-state index in [1.165, 1.54) is 6.07 Å². The molecule has 0 aliphatic carbocycles. The number of benzene rings is 2. The molecular formula is C16H15FO. The maximum atomic E-state index is 13.6. The molecule has 1 nitrogen and oxygen atoms in total. The summed E-state index contributed by atoms with van der Waals surface area (Å²) < 4.78 is 13.6. The highest BCUT2D eigenvalue weighted by Gasteiger charge is 2.09. The molecule has 0 atom stereocenters. The van der Waals surface area contributed by atoms with Crippen LogP contribution in [0, 0.1) is 12.7 Å². The lowest BCUT2D eigenvalue weighted by molar-refractivity contribution is -0.117. The average Bonchev–Trinajstić information content (AvgIpc) is 2.34. The highest BCUT2D eigenvalue weighted by molar-refractivity contribution is 5.83. The summed E-state index contributed by atoms with van der Waals surface area (Å²) >= 11 is 0. The molecule has 2 aromatic carbocycles. The summed E-state index contributed by atoms with van der Waals surface area (Å²) in [5, 5.41) is 0. The number of aryl methyl sites for hydroxylation is 1. The van der Waals surface area contributed by atoms with Crippen molar-refractivity contribution in [3.63, 3.8) is 0 Å². The van der Waals surface area contributed by atoms with Gasteiger partial charge in [0.05, 0.1) is 0 Å². The zero-order valence-corrected chi connectivity index (χ0v) is 10.3. The first-order valence-electron chi connectivity index (χ1n) is 5.96. The van der Waals surface area contributed by atoms with E-state index in [0.717, 1.165) is 11.1 Å². The number of rotatable bonds is 4. The van der Waals surface area contributed by atoms with Crippen molar-refractivity contribution >= 4 is 5.78 Å². The van der Waals surface area contributed by atoms with Crippen molar-refractivity contribution in [3.05, 3.63) is 71.0 Å². The molecule has 0 aromatic heterocycles. The number of Topliss-reactive ketones (excluding diaryl/α,β-unsaturated/α-hetero) is 1. The molecule has 0 radical (unpaired) electrons. The molecule has 0 unspecified atom stereocenters. The van der Waals surface area contributed by atoms with Gasteiger partial charge in [0.15, 0.2) is 0 Å². The van der Waals surface area contributed by atoms with E-state index in [-0.39, 0.29) is 18.0 Å². The van der Waals surface area contributed by atoms with Crippen molar-refractivity contribution in [1.82, 2.24) is 0 Å². The second-order valence-corrected chi connectivity index (χ2v) is 4.47. The molecule has 92 valence electrons. The summed E-state index contributed by atoms with van der Waals surface area (Å²) in [5.41, 5.74) is 2.31. The van der Waals surface area contributed by atoms with Crippen LogP contribution in [0.25, 0.3) is 0 Å². The fraction of sp³-hybridized carbons (Fsp3) is 0.188. The van der Waals surface area contributed by atoms with Gasteiger partial charge in [-0.2, -0.15) is 0 Å². The van der Waals surface area contributed by atoms with Gasteiger partial charge in [0.25, 0.3) is 0 Å². The van der Waals surface area contributed by atoms with Crippen LogP contribution >= 0.6 is 0 Å². The molecule has 0 heterocycles. The SMILES string of the molecule is Cc1ccc(CC(=O)Cc2ccccc2)c(F)c1. The first-order valence-corrected chi connectivity index (χ1v) is 5.96. The molecule has 0 fully saturated rings. The van der Waals surface area contributed by atoms with Crippen molar-refractivity contribution in [2.45, 2.75) is 19.8 Å². The second-order valence-electron chi connectivity index (χ2n) is 4.47. The lowest BCUT2D eigenvalue weighted by Crippen LogP contribution is -2.08. The number of hydrogen-bond donors (Lipinski definition) is 0. The molecule has 0 bridgehead atoms. The van der Waals surface area contributed by atoms with E-state index in [1.54, 1.807) is 6.07 Å². The van der Waals surface area contributed by atoms with Crippen LogP contribution in [0.4, 0.5) is 4.39 Å². The number of hydrogen-bond acceptors (Lipinski definition) is 1. The molecule has 0 aliphatic heterocycles. The zero-order chi connectivity index (χ0) is 13.0. The third-order valence-corrected chi connectivity index (χ3v) is 2.84. The molecule has 2 aromatic rings. The number of carbonyl (C=O) groups is 1. The normalized spacial score (nSPS) is 10.3. The maximum Gasteiger partial charge on any atom is 0.141 e. The molecule has 0 amide bonds. The van der Waals surface area contributed by atoms with Crippen LogP contribution in [0.1, 0.15) is 16.7 Å². The van der Waals surface area contributed by atoms with Gasteiger partial charge in [-0.05, 0) is 29.7 Å². The van der Waals surface area contributed by atoms with Gasteiger partial charge in [-0.25, -0.2) is 4.39 Å². The van der Waals surface area contributed by atoms with Crippen LogP contribution in [-0.4, -0.2) is 5.78 Å². The number of halogens is 1. The Kier molecular flexibility index (Phi) is 3.88. The molecule has 2 heteroatoms. The highest BCUT2D eigenvalue weighted by Crippen LogP contribution is 2.12. The van der Waals surface area contributed by atoms with Crippen molar-refractivity contribution in [1.29, 1.82) is 0 Å². The van der Waals surface area contributed by atoms with Crippen molar-refractivity contribution in [2.24, 2.45) is 0 Å². The van der Waals surface area contributed by atoms with Gasteiger partial charge < -0.3 is 0 Å². The smallest absolute Gasteiger partial charge is 0.141 e. The average molecular weight is 242 g/mol. The van der Waals surface area contributed by atoms with Crippen LogP contribution < -0.4 is 0 Å². The van der Waals surface area contributed by atoms with E-state index in [4.69, 9.17) is 0 Å². The summed E-state index contributed by atoms with van der Waals surface area (Å²) in [4.78, 5) is 11.9. The molecule has 0 spiro atoms. The van der Waals surface area contributed by atoms with Crippen LogP contribution in [0.2, 0.25) is 0 Å². The minimum absolute atomic E-state index is 0.0314. The predicted octanol–water partition coefficient (Wildman–Crippen LogP) is 3.49. The molecule has 2 rings (SSSR count). The Balaban J connectivity index is 2.03. The Labute approximate surface area is 106 Å². The van der Waals surface area contributed by atoms with Crippen molar-refractivity contribution in [3.8, 4) is 0 Å². The molecule has 0 saturated heterocycles. The van der Waals surface area contributed by atoms with Gasteiger partial charge >= 0.3 is 0 Å². The van der Waals surface area contributed by atoms with E-state index in [2.05, 4.69) is 0 Å². The second kappa shape index (κ2) is 5.58. The minimum Gasteiger partial charge on any atom is -0.299 e. The quantitative estimate of drug-likeness (QED) is 0.802. The van der Waals surface area contributed by atoms with Crippen molar-refractivity contribution in [2.75, 3.05) is 0 Å². The van der Waals surface area contributed by atoms with Crippen LogP contribution in [-0.2, 0) is 17.6 Å². The fourth-order valence-electron chi connectivity index (χ4n) is 1.89. The summed E-state index contributed by atoms with van der Waals surface area (Å²) in [7, 11) is 0. The first-order chi connectivity index (χ1) is 8.65. The Bertz CT molecular complexity index is 546. The Morgan fingerprint density at radius 2 is 1.78 bits per heavy atom. The first kappa shape index (κ1) is 12.5. The van der Waals surface area contributed by atoms with Gasteiger partial charge in [-0.3, -0.25) is 4.79 Å². The van der Waals surface area contributed by atoms with Crippen LogP contribution in [0.3, 0.4) is 0 Å². The Morgan fingerprint density at radius 3 is 2.44 bits per heavy atom. The third kappa shape index (κ3) is 3.27. The summed E-state index contributed by atoms with van der Waals surface area (Å²) in [5.74, 6) is -0.264. The van der Waals surface area contributed by atoms with E-state index in [9.17, 15) is 9.18 Å². The monoisotopic (exact) mass is 242 g/mol. The number of ketones is 1. The summed E-state index contributed by atoms with van der Waals surface area (Å²) in [6, 6.07) is 14.5. The van der Waals surface area contributed by atoms with Gasteiger partial charge in [0.2, 0.25) is 0 Å². The van der Waals surface area contributed by atoms with Gasteiger partial charge in [0.1, 0.15) is 11.6 Å². The Hall–Kier alpha value is -1.96. The largest absolute Gasteiger partial charge is 0.299 e. The van der Waals surface area contributed by atoms with Crippen LogP contribution in [0.5, 0.6) is 0 Å². The lowest BCUT2D eigenvalue weighted by atomic mass is 10.0. The Morgan fingerprint density at radius 1 is 1.06 bits per heavy atom. The van der Waals surface area contributed by atoms with Gasteiger partial charge in [-0.1, -0.05) is 42.5 Å². The highest BCUT2D eigenvalue weighted by atomic mass is 19.1. The lowest BCUT2D eigenvalue weighted by Gasteiger charge is -2.04. The number of carbonyl (C=O) groups excluding carboxylic acids is 1. The molecule has 0 N–H and O–H groups in total. The topological polar surface area (TPSA) is 17.1 Å². The van der Waals surface area contributed by atoms with E-state index >= 15 is 0 Å². The van der Waals surface area contributed by atoms with E-state index < -0.39 is 0 Å². The predicted molar refractivity (Wildman–Crippen MR) is 70.0 cm³/mol. The summed E-state index contributed by atoms with van der Waals surface area (Å²) in [6.07, 6.45) is 0.509. The van der Waals surface area contributed by atoms with Crippen molar-refractivity contribution < 1.29 is 9.18 Å². The molecular weight excluding hydrogens is 227 g/mol. The van der Waals surface area contributed by atoms with Gasteiger partial charge in [-0.15, -0.1) is 0 Å². The summed E-state index contributed by atoms with van der Waals surface area (Å²) in [6.45, 7) is 1.83.